The monoisotopic (exact) mass is 340 g/mol. The van der Waals surface area contributed by atoms with Gasteiger partial charge in [-0.25, -0.2) is 0 Å². The first-order chi connectivity index (χ1) is 12.2. The van der Waals surface area contributed by atoms with Gasteiger partial charge in [0.1, 0.15) is 5.54 Å². The Bertz CT molecular complexity index is 731. The third-order valence-corrected chi connectivity index (χ3v) is 5.90. The van der Waals surface area contributed by atoms with Gasteiger partial charge in [-0.2, -0.15) is 0 Å². The summed E-state index contributed by atoms with van der Waals surface area (Å²) in [6.45, 7) is 7.25. The van der Waals surface area contributed by atoms with Crippen molar-refractivity contribution in [2.24, 2.45) is 5.92 Å². The van der Waals surface area contributed by atoms with Crippen LogP contribution in [0.15, 0.2) is 36.9 Å². The number of amides is 1. The fourth-order valence-electron chi connectivity index (χ4n) is 5.08. The van der Waals surface area contributed by atoms with Crippen molar-refractivity contribution in [3.05, 3.63) is 42.5 Å². The van der Waals surface area contributed by atoms with Gasteiger partial charge >= 0.3 is 5.97 Å². The highest BCUT2D eigenvalue weighted by atomic mass is 16.5. The highest BCUT2D eigenvalue weighted by Gasteiger charge is 2.67. The van der Waals surface area contributed by atoms with E-state index in [1.165, 1.54) is 0 Å². The summed E-state index contributed by atoms with van der Waals surface area (Å²) in [7, 11) is 0. The van der Waals surface area contributed by atoms with Gasteiger partial charge in [0.2, 0.25) is 0 Å². The molecule has 0 bridgehead atoms. The number of carbonyl (C=O) groups is 2. The number of para-hydroxylation sites is 1. The van der Waals surface area contributed by atoms with Crippen LogP contribution in [0, 0.1) is 5.92 Å². The summed E-state index contributed by atoms with van der Waals surface area (Å²) in [6, 6.07) is 8.14. The Morgan fingerprint density at radius 2 is 2.24 bits per heavy atom. The molecule has 0 N–H and O–H groups in total. The molecule has 2 saturated heterocycles. The average molecular weight is 340 g/mol. The highest BCUT2D eigenvalue weighted by molar-refractivity contribution is 6.10. The van der Waals surface area contributed by atoms with Gasteiger partial charge in [-0.3, -0.25) is 14.5 Å². The Hall–Kier alpha value is -2.14. The van der Waals surface area contributed by atoms with Crippen molar-refractivity contribution < 1.29 is 14.3 Å². The second-order valence-corrected chi connectivity index (χ2v) is 7.02. The second kappa shape index (κ2) is 5.99. The lowest BCUT2D eigenvalue weighted by Crippen LogP contribution is -2.55. The second-order valence-electron chi connectivity index (χ2n) is 7.02. The number of esters is 1. The van der Waals surface area contributed by atoms with Gasteiger partial charge < -0.3 is 9.64 Å². The standard InChI is InChI=1S/C20H24N2O3/c1-3-11-21-17-10-6-5-9-15(17)20(19(21)24)16(18(23)25-4-2)13-14-8-7-12-22(14)20/h3,5-6,9-10,14,16H,1,4,7-8,11-13H2,2H3/t14-,16+,20+/m0/s1. The van der Waals surface area contributed by atoms with Crippen LogP contribution in [0.3, 0.4) is 0 Å². The topological polar surface area (TPSA) is 49.9 Å². The summed E-state index contributed by atoms with van der Waals surface area (Å²) in [4.78, 5) is 30.5. The van der Waals surface area contributed by atoms with Crippen LogP contribution in [-0.2, 0) is 19.9 Å². The van der Waals surface area contributed by atoms with Crippen LogP contribution in [0.2, 0.25) is 0 Å². The SMILES string of the molecule is C=CCN1C(=O)[C@@]2(c3ccccc31)[C@@H](C(=O)OCC)C[C@@H]1CCCN12. The third kappa shape index (κ3) is 2.05. The molecule has 1 aromatic rings. The number of rotatable bonds is 4. The van der Waals surface area contributed by atoms with E-state index in [2.05, 4.69) is 11.5 Å². The van der Waals surface area contributed by atoms with Gasteiger partial charge in [-0.1, -0.05) is 24.3 Å². The molecule has 0 aromatic heterocycles. The zero-order chi connectivity index (χ0) is 17.6. The number of carbonyl (C=O) groups excluding carboxylic acids is 2. The van der Waals surface area contributed by atoms with Crippen molar-refractivity contribution in [1.82, 2.24) is 4.90 Å². The zero-order valence-corrected chi connectivity index (χ0v) is 14.6. The molecule has 0 aliphatic carbocycles. The summed E-state index contributed by atoms with van der Waals surface area (Å²) in [6.07, 6.45) is 4.54. The van der Waals surface area contributed by atoms with E-state index in [4.69, 9.17) is 4.74 Å². The first-order valence-corrected chi connectivity index (χ1v) is 9.12. The molecule has 1 spiro atoms. The molecular weight excluding hydrogens is 316 g/mol. The molecule has 5 heteroatoms. The number of benzene rings is 1. The van der Waals surface area contributed by atoms with Gasteiger partial charge in [0, 0.05) is 23.8 Å². The Labute approximate surface area is 148 Å². The molecule has 0 unspecified atom stereocenters. The number of nitrogens with zero attached hydrogens (tertiary/aromatic N) is 2. The molecular formula is C20H24N2O3. The molecule has 3 atom stereocenters. The van der Waals surface area contributed by atoms with E-state index >= 15 is 0 Å². The van der Waals surface area contributed by atoms with E-state index in [0.717, 1.165) is 30.6 Å². The first-order valence-electron chi connectivity index (χ1n) is 9.12. The Morgan fingerprint density at radius 3 is 3.00 bits per heavy atom. The maximum Gasteiger partial charge on any atom is 0.311 e. The van der Waals surface area contributed by atoms with E-state index in [9.17, 15) is 9.59 Å². The van der Waals surface area contributed by atoms with Crippen LogP contribution in [0.1, 0.15) is 31.7 Å². The number of hydrogen-bond acceptors (Lipinski definition) is 4. The number of hydrogen-bond donors (Lipinski definition) is 0. The Kier molecular flexibility index (Phi) is 3.91. The maximum atomic E-state index is 13.7. The van der Waals surface area contributed by atoms with Crippen molar-refractivity contribution in [1.29, 1.82) is 0 Å². The minimum Gasteiger partial charge on any atom is -0.466 e. The quantitative estimate of drug-likeness (QED) is 0.624. The van der Waals surface area contributed by atoms with E-state index in [0.29, 0.717) is 19.6 Å². The summed E-state index contributed by atoms with van der Waals surface area (Å²) in [5.41, 5.74) is 0.936. The lowest BCUT2D eigenvalue weighted by Gasteiger charge is -2.36. The number of fused-ring (bicyclic) bond motifs is 4. The van der Waals surface area contributed by atoms with E-state index in [1.807, 2.05) is 31.2 Å². The molecule has 25 heavy (non-hydrogen) atoms. The van der Waals surface area contributed by atoms with Crippen LogP contribution < -0.4 is 4.90 Å². The van der Waals surface area contributed by atoms with Crippen LogP contribution in [0.25, 0.3) is 0 Å². The summed E-state index contributed by atoms with van der Waals surface area (Å²) in [5, 5.41) is 0. The molecule has 0 radical (unpaired) electrons. The van der Waals surface area contributed by atoms with Crippen LogP contribution in [0.5, 0.6) is 0 Å². The predicted molar refractivity (Wildman–Crippen MR) is 95.1 cm³/mol. The Morgan fingerprint density at radius 1 is 1.44 bits per heavy atom. The molecule has 4 rings (SSSR count). The Balaban J connectivity index is 1.90. The molecule has 5 nitrogen and oxygen atoms in total. The third-order valence-electron chi connectivity index (χ3n) is 5.90. The van der Waals surface area contributed by atoms with Gasteiger partial charge in [0.15, 0.2) is 0 Å². The molecule has 132 valence electrons. The lowest BCUT2D eigenvalue weighted by atomic mass is 9.79. The highest BCUT2D eigenvalue weighted by Crippen LogP contribution is 2.57. The summed E-state index contributed by atoms with van der Waals surface area (Å²) >= 11 is 0. The van der Waals surface area contributed by atoms with Gasteiger partial charge in [0.25, 0.3) is 5.91 Å². The fraction of sp³-hybridized carbons (Fsp3) is 0.500. The van der Waals surface area contributed by atoms with Crippen LogP contribution >= 0.6 is 0 Å². The number of anilines is 1. The van der Waals surface area contributed by atoms with Crippen molar-refractivity contribution >= 4 is 17.6 Å². The molecule has 2 fully saturated rings. The molecule has 3 aliphatic heterocycles. The maximum absolute atomic E-state index is 13.7. The molecule has 1 amide bonds. The largest absolute Gasteiger partial charge is 0.466 e. The lowest BCUT2D eigenvalue weighted by molar-refractivity contribution is -0.155. The minimum absolute atomic E-state index is 0.00365. The van der Waals surface area contributed by atoms with Gasteiger partial charge in [-0.05, 0) is 38.8 Å². The van der Waals surface area contributed by atoms with Gasteiger partial charge in [-0.15, -0.1) is 6.58 Å². The van der Waals surface area contributed by atoms with Crippen LogP contribution in [0.4, 0.5) is 5.69 Å². The van der Waals surface area contributed by atoms with Crippen molar-refractivity contribution in [2.75, 3.05) is 24.6 Å². The van der Waals surface area contributed by atoms with Crippen LogP contribution in [-0.4, -0.2) is 42.5 Å². The summed E-state index contributed by atoms with van der Waals surface area (Å²) in [5.74, 6) is -0.697. The van der Waals surface area contributed by atoms with E-state index in [-0.39, 0.29) is 17.9 Å². The fourth-order valence-corrected chi connectivity index (χ4v) is 5.08. The predicted octanol–water partition coefficient (Wildman–Crippen LogP) is 2.46. The van der Waals surface area contributed by atoms with E-state index < -0.39 is 11.5 Å². The normalized spacial score (nSPS) is 30.6. The molecule has 3 aliphatic rings. The molecule has 0 saturated carbocycles. The molecule has 3 heterocycles. The minimum atomic E-state index is -0.910. The molecule has 1 aromatic carbocycles. The van der Waals surface area contributed by atoms with Gasteiger partial charge in [0.05, 0.1) is 12.5 Å². The van der Waals surface area contributed by atoms with Crippen molar-refractivity contribution in [3.63, 3.8) is 0 Å². The number of ether oxygens (including phenoxy) is 1. The van der Waals surface area contributed by atoms with Crippen molar-refractivity contribution in [2.45, 2.75) is 37.8 Å². The zero-order valence-electron chi connectivity index (χ0n) is 14.6. The first kappa shape index (κ1) is 16.3. The van der Waals surface area contributed by atoms with E-state index in [1.54, 1.807) is 11.0 Å². The summed E-state index contributed by atoms with van der Waals surface area (Å²) < 4.78 is 5.38. The average Bonchev–Trinajstić information content (AvgIpc) is 3.25. The smallest absolute Gasteiger partial charge is 0.311 e. The van der Waals surface area contributed by atoms with Crippen molar-refractivity contribution in [3.8, 4) is 0 Å².